The molecule has 1 aromatic carbocycles. The molecule has 0 radical (unpaired) electrons. The summed E-state index contributed by atoms with van der Waals surface area (Å²) >= 11 is 3.33. The van der Waals surface area contributed by atoms with Gasteiger partial charge in [0.25, 0.3) is 5.91 Å². The Kier molecular flexibility index (Phi) is 5.36. The van der Waals surface area contributed by atoms with Gasteiger partial charge in [-0.05, 0) is 36.6 Å². The fourth-order valence-electron chi connectivity index (χ4n) is 1.68. The molecule has 0 aliphatic heterocycles. The molecule has 1 rings (SSSR count). The first-order valence-electron chi connectivity index (χ1n) is 5.88. The second-order valence-corrected chi connectivity index (χ2v) is 5.61. The van der Waals surface area contributed by atoms with Crippen molar-refractivity contribution in [3.63, 3.8) is 0 Å². The van der Waals surface area contributed by atoms with Crippen LogP contribution in [0, 0.1) is 17.2 Å². The molecule has 0 spiro atoms. The Hall–Kier alpha value is -1.34. The number of rotatable bonds is 4. The van der Waals surface area contributed by atoms with Crippen molar-refractivity contribution < 1.29 is 4.79 Å². The van der Waals surface area contributed by atoms with E-state index in [4.69, 9.17) is 5.26 Å². The molecule has 0 aliphatic carbocycles. The Morgan fingerprint density at radius 2 is 1.94 bits per heavy atom. The van der Waals surface area contributed by atoms with Gasteiger partial charge in [-0.3, -0.25) is 4.79 Å². The maximum Gasteiger partial charge on any atom is 0.254 e. The summed E-state index contributed by atoms with van der Waals surface area (Å²) in [5.41, 5.74) is 0.602. The zero-order chi connectivity index (χ0) is 13.7. The van der Waals surface area contributed by atoms with Crippen molar-refractivity contribution in [3.8, 4) is 6.07 Å². The standard InChI is InChI=1S/C14H17BrN2O/c1-10(2)8-13(9-16)17(3)14(18)11-4-6-12(15)7-5-11/h4-7,10,13H,8H2,1-3H3. The second-order valence-electron chi connectivity index (χ2n) is 4.70. The number of benzene rings is 1. The van der Waals surface area contributed by atoms with Gasteiger partial charge in [0.15, 0.2) is 0 Å². The average Bonchev–Trinajstić information content (AvgIpc) is 2.35. The molecule has 0 heterocycles. The predicted octanol–water partition coefficient (Wildman–Crippen LogP) is 3.46. The quantitative estimate of drug-likeness (QED) is 0.855. The first-order valence-corrected chi connectivity index (χ1v) is 6.67. The lowest BCUT2D eigenvalue weighted by molar-refractivity contribution is 0.0752. The van der Waals surface area contributed by atoms with Crippen LogP contribution in [0.1, 0.15) is 30.6 Å². The van der Waals surface area contributed by atoms with Gasteiger partial charge in [0, 0.05) is 17.1 Å². The van der Waals surface area contributed by atoms with E-state index in [1.54, 1.807) is 19.2 Å². The van der Waals surface area contributed by atoms with Crippen molar-refractivity contribution >= 4 is 21.8 Å². The molecule has 0 saturated carbocycles. The first kappa shape index (κ1) is 14.7. The molecule has 1 amide bonds. The molecule has 18 heavy (non-hydrogen) atoms. The lowest BCUT2D eigenvalue weighted by Crippen LogP contribution is -2.37. The number of amides is 1. The van der Waals surface area contributed by atoms with Crippen molar-refractivity contribution in [3.05, 3.63) is 34.3 Å². The molecule has 1 atom stereocenters. The third-order valence-electron chi connectivity index (χ3n) is 2.72. The van der Waals surface area contributed by atoms with Crippen LogP contribution < -0.4 is 0 Å². The van der Waals surface area contributed by atoms with Gasteiger partial charge in [0.05, 0.1) is 6.07 Å². The zero-order valence-electron chi connectivity index (χ0n) is 10.9. The highest BCUT2D eigenvalue weighted by Crippen LogP contribution is 2.15. The van der Waals surface area contributed by atoms with Crippen molar-refractivity contribution in [2.75, 3.05) is 7.05 Å². The number of hydrogen-bond acceptors (Lipinski definition) is 2. The summed E-state index contributed by atoms with van der Waals surface area (Å²) in [6.07, 6.45) is 0.690. The summed E-state index contributed by atoms with van der Waals surface area (Å²) in [4.78, 5) is 13.7. The minimum atomic E-state index is -0.374. The Balaban J connectivity index is 2.82. The maximum atomic E-state index is 12.2. The molecule has 1 unspecified atom stereocenters. The number of carbonyl (C=O) groups is 1. The molecule has 0 N–H and O–H groups in total. The van der Waals surface area contributed by atoms with Gasteiger partial charge in [-0.2, -0.15) is 5.26 Å². The van der Waals surface area contributed by atoms with Crippen LogP contribution in [-0.4, -0.2) is 23.9 Å². The summed E-state index contributed by atoms with van der Waals surface area (Å²) in [6.45, 7) is 4.09. The molecule has 0 bridgehead atoms. The van der Waals surface area contributed by atoms with Gasteiger partial charge in [-0.25, -0.2) is 0 Å². The largest absolute Gasteiger partial charge is 0.326 e. The van der Waals surface area contributed by atoms with Crippen molar-refractivity contribution in [2.24, 2.45) is 5.92 Å². The van der Waals surface area contributed by atoms with E-state index in [1.165, 1.54) is 4.90 Å². The zero-order valence-corrected chi connectivity index (χ0v) is 12.4. The van der Waals surface area contributed by atoms with Crippen LogP contribution >= 0.6 is 15.9 Å². The maximum absolute atomic E-state index is 12.2. The van der Waals surface area contributed by atoms with E-state index in [1.807, 2.05) is 26.0 Å². The van der Waals surface area contributed by atoms with Crippen molar-refractivity contribution in [1.29, 1.82) is 5.26 Å². The van der Waals surface area contributed by atoms with Gasteiger partial charge in [0.2, 0.25) is 0 Å². The van der Waals surface area contributed by atoms with Gasteiger partial charge in [-0.1, -0.05) is 29.8 Å². The molecule has 0 saturated heterocycles. The predicted molar refractivity (Wildman–Crippen MR) is 75.1 cm³/mol. The Morgan fingerprint density at radius 1 is 1.39 bits per heavy atom. The van der Waals surface area contributed by atoms with Gasteiger partial charge >= 0.3 is 0 Å². The summed E-state index contributed by atoms with van der Waals surface area (Å²) in [7, 11) is 1.68. The number of hydrogen-bond donors (Lipinski definition) is 0. The van der Waals surface area contributed by atoms with Gasteiger partial charge in [-0.15, -0.1) is 0 Å². The van der Waals surface area contributed by atoms with Crippen LogP contribution in [0.4, 0.5) is 0 Å². The van der Waals surface area contributed by atoms with Crippen LogP contribution in [0.15, 0.2) is 28.7 Å². The van der Waals surface area contributed by atoms with E-state index < -0.39 is 0 Å². The normalized spacial score (nSPS) is 12.0. The third kappa shape index (κ3) is 3.85. The van der Waals surface area contributed by atoms with E-state index in [0.717, 1.165) is 4.47 Å². The topological polar surface area (TPSA) is 44.1 Å². The molecular formula is C14H17BrN2O. The highest BCUT2D eigenvalue weighted by Gasteiger charge is 2.21. The number of carbonyl (C=O) groups excluding carboxylic acids is 1. The summed E-state index contributed by atoms with van der Waals surface area (Å²) in [6, 6.07) is 8.98. The molecule has 0 fully saturated rings. The van der Waals surface area contributed by atoms with Gasteiger partial charge in [0.1, 0.15) is 6.04 Å². The lowest BCUT2D eigenvalue weighted by Gasteiger charge is -2.24. The Morgan fingerprint density at radius 3 is 2.39 bits per heavy atom. The monoisotopic (exact) mass is 308 g/mol. The fraction of sp³-hybridized carbons (Fsp3) is 0.429. The van der Waals surface area contributed by atoms with Crippen molar-refractivity contribution in [1.82, 2.24) is 4.90 Å². The lowest BCUT2D eigenvalue weighted by atomic mass is 10.0. The highest BCUT2D eigenvalue weighted by atomic mass is 79.9. The Bertz CT molecular complexity index is 448. The first-order chi connectivity index (χ1) is 8.45. The van der Waals surface area contributed by atoms with Crippen LogP contribution in [-0.2, 0) is 0 Å². The average molecular weight is 309 g/mol. The molecule has 3 nitrogen and oxygen atoms in total. The van der Waals surface area contributed by atoms with E-state index >= 15 is 0 Å². The molecule has 4 heteroatoms. The van der Waals surface area contributed by atoms with Crippen LogP contribution in [0.3, 0.4) is 0 Å². The van der Waals surface area contributed by atoms with E-state index in [0.29, 0.717) is 17.9 Å². The third-order valence-corrected chi connectivity index (χ3v) is 3.25. The van der Waals surface area contributed by atoms with Gasteiger partial charge < -0.3 is 4.90 Å². The minimum absolute atomic E-state index is 0.116. The van der Waals surface area contributed by atoms with Crippen LogP contribution in [0.5, 0.6) is 0 Å². The minimum Gasteiger partial charge on any atom is -0.326 e. The van der Waals surface area contributed by atoms with E-state index in [2.05, 4.69) is 22.0 Å². The van der Waals surface area contributed by atoms with Crippen molar-refractivity contribution in [2.45, 2.75) is 26.3 Å². The summed E-state index contributed by atoms with van der Waals surface area (Å²) in [5.74, 6) is 0.268. The van der Waals surface area contributed by atoms with E-state index in [-0.39, 0.29) is 11.9 Å². The second kappa shape index (κ2) is 6.55. The fourth-order valence-corrected chi connectivity index (χ4v) is 1.95. The van der Waals surface area contributed by atoms with Crippen LogP contribution in [0.25, 0.3) is 0 Å². The highest BCUT2D eigenvalue weighted by molar-refractivity contribution is 9.10. The SMILES string of the molecule is CC(C)CC(C#N)N(C)C(=O)c1ccc(Br)cc1. The number of nitrogens with zero attached hydrogens (tertiary/aromatic N) is 2. The molecule has 0 aliphatic rings. The number of nitriles is 1. The molecule has 0 aromatic heterocycles. The molecule has 96 valence electrons. The number of halogens is 1. The van der Waals surface area contributed by atoms with Crippen LogP contribution in [0.2, 0.25) is 0 Å². The smallest absolute Gasteiger partial charge is 0.254 e. The molecule has 1 aromatic rings. The van der Waals surface area contributed by atoms with E-state index in [9.17, 15) is 4.79 Å². The summed E-state index contributed by atoms with van der Waals surface area (Å²) in [5, 5.41) is 9.13. The summed E-state index contributed by atoms with van der Waals surface area (Å²) < 4.78 is 0.931. The molecular weight excluding hydrogens is 292 g/mol. The Labute approximate surface area is 117 Å².